The highest BCUT2D eigenvalue weighted by atomic mass is 15.3. The Bertz CT molecular complexity index is 363. The zero-order valence-corrected chi connectivity index (χ0v) is 10.9. The van der Waals surface area contributed by atoms with Crippen molar-refractivity contribution in [3.63, 3.8) is 0 Å². The minimum absolute atomic E-state index is 0.659. The van der Waals surface area contributed by atoms with Gasteiger partial charge < -0.3 is 5.32 Å². The first-order valence-electron chi connectivity index (χ1n) is 6.40. The number of rotatable bonds is 5. The van der Waals surface area contributed by atoms with Crippen molar-refractivity contribution in [2.24, 2.45) is 13.0 Å². The maximum Gasteiger partial charge on any atom is 0.0827 e. The Morgan fingerprint density at radius 1 is 1.44 bits per heavy atom. The van der Waals surface area contributed by atoms with Gasteiger partial charge in [0.05, 0.1) is 17.1 Å². The van der Waals surface area contributed by atoms with Gasteiger partial charge in [0.15, 0.2) is 0 Å². The average Bonchev–Trinajstić information content (AvgIpc) is 3.03. The van der Waals surface area contributed by atoms with E-state index in [1.807, 2.05) is 11.7 Å². The van der Waals surface area contributed by atoms with Crippen LogP contribution in [0.1, 0.15) is 44.0 Å². The van der Waals surface area contributed by atoms with Gasteiger partial charge in [-0.05, 0) is 39.0 Å². The van der Waals surface area contributed by atoms with Gasteiger partial charge in [0.1, 0.15) is 0 Å². The predicted octanol–water partition coefficient (Wildman–Crippen LogP) is 3.03. The molecular formula is C13H23N3. The molecule has 1 saturated carbocycles. The van der Waals surface area contributed by atoms with Gasteiger partial charge in [-0.3, -0.25) is 4.68 Å². The second-order valence-electron chi connectivity index (χ2n) is 5.05. The standard InChI is InChI=1S/C13H23N3/c1-5-6-12(11-7-8-11)14-13-9(2)15-16(4)10(13)3/h11-12,14H,5-8H2,1-4H3. The molecule has 0 saturated heterocycles. The van der Waals surface area contributed by atoms with Gasteiger partial charge in [0, 0.05) is 13.1 Å². The van der Waals surface area contributed by atoms with Gasteiger partial charge in [0.2, 0.25) is 0 Å². The lowest BCUT2D eigenvalue weighted by atomic mass is 10.1. The fraction of sp³-hybridized carbons (Fsp3) is 0.769. The molecule has 1 aromatic rings. The number of nitrogens with zero attached hydrogens (tertiary/aromatic N) is 2. The lowest BCUT2D eigenvalue weighted by molar-refractivity contribution is 0.577. The first-order chi connectivity index (χ1) is 7.63. The normalized spacial score (nSPS) is 17.5. The van der Waals surface area contributed by atoms with Crippen LogP contribution in [0.5, 0.6) is 0 Å². The molecule has 1 aliphatic carbocycles. The topological polar surface area (TPSA) is 29.9 Å². The quantitative estimate of drug-likeness (QED) is 0.828. The highest BCUT2D eigenvalue weighted by Gasteiger charge is 2.31. The second kappa shape index (κ2) is 4.48. The minimum atomic E-state index is 0.659. The van der Waals surface area contributed by atoms with Crippen LogP contribution in [0.2, 0.25) is 0 Å². The van der Waals surface area contributed by atoms with E-state index in [9.17, 15) is 0 Å². The first-order valence-corrected chi connectivity index (χ1v) is 6.40. The summed E-state index contributed by atoms with van der Waals surface area (Å²) < 4.78 is 1.97. The van der Waals surface area contributed by atoms with Crippen molar-refractivity contribution >= 4 is 5.69 Å². The molecule has 1 N–H and O–H groups in total. The number of hydrogen-bond donors (Lipinski definition) is 1. The summed E-state index contributed by atoms with van der Waals surface area (Å²) in [5, 5.41) is 8.17. The molecule has 1 aromatic heterocycles. The summed E-state index contributed by atoms with van der Waals surface area (Å²) in [7, 11) is 2.01. The summed E-state index contributed by atoms with van der Waals surface area (Å²) in [6.07, 6.45) is 5.33. The Balaban J connectivity index is 2.11. The molecule has 0 aliphatic heterocycles. The van der Waals surface area contributed by atoms with Crippen molar-refractivity contribution in [1.82, 2.24) is 9.78 Å². The van der Waals surface area contributed by atoms with Gasteiger partial charge in [-0.15, -0.1) is 0 Å². The summed E-state index contributed by atoms with van der Waals surface area (Å²) in [5.74, 6) is 0.902. The molecular weight excluding hydrogens is 198 g/mol. The Hall–Kier alpha value is -0.990. The maximum atomic E-state index is 4.46. The summed E-state index contributed by atoms with van der Waals surface area (Å²) >= 11 is 0. The molecule has 0 amide bonds. The van der Waals surface area contributed by atoms with Crippen LogP contribution in [0, 0.1) is 19.8 Å². The summed E-state index contributed by atoms with van der Waals surface area (Å²) in [6.45, 7) is 6.49. The van der Waals surface area contributed by atoms with E-state index in [1.54, 1.807) is 0 Å². The molecule has 1 fully saturated rings. The van der Waals surface area contributed by atoms with Crippen LogP contribution in [0.15, 0.2) is 0 Å². The maximum absolute atomic E-state index is 4.46. The number of nitrogens with one attached hydrogen (secondary N) is 1. The summed E-state index contributed by atoms with van der Waals surface area (Å²) in [5.41, 5.74) is 3.63. The zero-order chi connectivity index (χ0) is 11.7. The molecule has 2 rings (SSSR count). The second-order valence-corrected chi connectivity index (χ2v) is 5.05. The van der Waals surface area contributed by atoms with Crippen molar-refractivity contribution in [1.29, 1.82) is 0 Å². The fourth-order valence-electron chi connectivity index (χ4n) is 2.40. The summed E-state index contributed by atoms with van der Waals surface area (Å²) in [4.78, 5) is 0. The van der Waals surface area contributed by atoms with Crippen LogP contribution >= 0.6 is 0 Å². The third-order valence-electron chi connectivity index (χ3n) is 3.63. The van der Waals surface area contributed by atoms with Crippen molar-refractivity contribution in [2.75, 3.05) is 5.32 Å². The molecule has 1 heterocycles. The van der Waals surface area contributed by atoms with E-state index in [2.05, 4.69) is 31.2 Å². The van der Waals surface area contributed by atoms with E-state index in [0.29, 0.717) is 6.04 Å². The lowest BCUT2D eigenvalue weighted by Crippen LogP contribution is -2.22. The van der Waals surface area contributed by atoms with Crippen molar-refractivity contribution in [3.05, 3.63) is 11.4 Å². The average molecular weight is 221 g/mol. The van der Waals surface area contributed by atoms with E-state index in [4.69, 9.17) is 0 Å². The first kappa shape index (κ1) is 11.5. The Labute approximate surface area is 98.2 Å². The smallest absolute Gasteiger partial charge is 0.0827 e. The molecule has 1 aliphatic rings. The van der Waals surface area contributed by atoms with Crippen LogP contribution in [0.3, 0.4) is 0 Å². The molecule has 3 heteroatoms. The monoisotopic (exact) mass is 221 g/mol. The van der Waals surface area contributed by atoms with Gasteiger partial charge in [-0.25, -0.2) is 0 Å². The molecule has 0 spiro atoms. The third kappa shape index (κ3) is 2.23. The van der Waals surface area contributed by atoms with E-state index < -0.39 is 0 Å². The number of hydrogen-bond acceptors (Lipinski definition) is 2. The van der Waals surface area contributed by atoms with E-state index in [-0.39, 0.29) is 0 Å². The summed E-state index contributed by atoms with van der Waals surface area (Å²) in [6, 6.07) is 0.659. The molecule has 0 bridgehead atoms. The van der Waals surface area contributed by atoms with Gasteiger partial charge in [-0.1, -0.05) is 13.3 Å². The number of anilines is 1. The van der Waals surface area contributed by atoms with E-state index in [1.165, 1.54) is 37.1 Å². The number of aryl methyl sites for hydroxylation is 2. The van der Waals surface area contributed by atoms with Crippen LogP contribution in [-0.4, -0.2) is 15.8 Å². The van der Waals surface area contributed by atoms with Gasteiger partial charge in [0.25, 0.3) is 0 Å². The van der Waals surface area contributed by atoms with E-state index in [0.717, 1.165) is 11.6 Å². The molecule has 1 atom stereocenters. The predicted molar refractivity (Wildman–Crippen MR) is 67.7 cm³/mol. The van der Waals surface area contributed by atoms with E-state index >= 15 is 0 Å². The molecule has 16 heavy (non-hydrogen) atoms. The molecule has 1 unspecified atom stereocenters. The van der Waals surface area contributed by atoms with Gasteiger partial charge in [-0.2, -0.15) is 5.10 Å². The van der Waals surface area contributed by atoms with Crippen LogP contribution in [0.25, 0.3) is 0 Å². The highest BCUT2D eigenvalue weighted by Crippen LogP contribution is 2.37. The largest absolute Gasteiger partial charge is 0.379 e. The van der Waals surface area contributed by atoms with Crippen LogP contribution < -0.4 is 5.32 Å². The number of aromatic nitrogens is 2. The molecule has 3 nitrogen and oxygen atoms in total. The van der Waals surface area contributed by atoms with Crippen molar-refractivity contribution < 1.29 is 0 Å². The fourth-order valence-corrected chi connectivity index (χ4v) is 2.40. The molecule has 90 valence electrons. The van der Waals surface area contributed by atoms with Crippen LogP contribution in [0.4, 0.5) is 5.69 Å². The molecule has 0 radical (unpaired) electrons. The zero-order valence-electron chi connectivity index (χ0n) is 10.9. The van der Waals surface area contributed by atoms with Crippen molar-refractivity contribution in [2.45, 2.75) is 52.5 Å². The Kier molecular flexibility index (Phi) is 3.22. The third-order valence-corrected chi connectivity index (χ3v) is 3.63. The Morgan fingerprint density at radius 2 is 2.12 bits per heavy atom. The SMILES string of the molecule is CCCC(Nc1c(C)nn(C)c1C)C1CC1. The van der Waals surface area contributed by atoms with Crippen LogP contribution in [-0.2, 0) is 7.05 Å². The minimum Gasteiger partial charge on any atom is -0.379 e. The highest BCUT2D eigenvalue weighted by molar-refractivity contribution is 5.52. The van der Waals surface area contributed by atoms with Gasteiger partial charge >= 0.3 is 0 Å². The lowest BCUT2D eigenvalue weighted by Gasteiger charge is -2.19. The Morgan fingerprint density at radius 3 is 2.56 bits per heavy atom. The molecule has 0 aromatic carbocycles. The van der Waals surface area contributed by atoms with Crippen molar-refractivity contribution in [3.8, 4) is 0 Å².